The van der Waals surface area contributed by atoms with Crippen LogP contribution >= 0.6 is 0 Å². The molecule has 0 amide bonds. The predicted molar refractivity (Wildman–Crippen MR) is 75.1 cm³/mol. The van der Waals surface area contributed by atoms with Crippen molar-refractivity contribution in [2.75, 3.05) is 13.7 Å². The number of rotatable bonds is 4. The standard InChI is InChI=1S/C15H14O6/c1-3-21-15(19)10-8-6-4-5-7-9(8)12(16)11(14(17)18)13(10)20-2/h4-7,16H,3H2,1-2H3,(H,17,18). The Morgan fingerprint density at radius 3 is 2.29 bits per heavy atom. The molecular formula is C15H14O6. The second kappa shape index (κ2) is 5.70. The minimum absolute atomic E-state index is 0.00912. The fraction of sp³-hybridized carbons (Fsp3) is 0.200. The molecule has 21 heavy (non-hydrogen) atoms. The van der Waals surface area contributed by atoms with Crippen molar-refractivity contribution in [2.45, 2.75) is 6.92 Å². The van der Waals surface area contributed by atoms with Gasteiger partial charge in [0.1, 0.15) is 16.9 Å². The number of fused-ring (bicyclic) bond motifs is 1. The Balaban J connectivity index is 2.95. The molecule has 0 aromatic heterocycles. The van der Waals surface area contributed by atoms with E-state index < -0.39 is 23.3 Å². The molecule has 0 saturated carbocycles. The van der Waals surface area contributed by atoms with Crippen LogP contribution in [0.4, 0.5) is 0 Å². The van der Waals surface area contributed by atoms with Crippen molar-refractivity contribution in [3.05, 3.63) is 35.4 Å². The molecule has 0 bridgehead atoms. The second-order valence-corrected chi connectivity index (χ2v) is 4.20. The Hall–Kier alpha value is -2.76. The van der Waals surface area contributed by atoms with Gasteiger partial charge in [0.05, 0.1) is 13.7 Å². The molecule has 0 radical (unpaired) electrons. The fourth-order valence-electron chi connectivity index (χ4n) is 2.21. The lowest BCUT2D eigenvalue weighted by molar-refractivity contribution is 0.0525. The number of carbonyl (C=O) groups is 2. The normalized spacial score (nSPS) is 10.4. The van der Waals surface area contributed by atoms with Gasteiger partial charge in [0, 0.05) is 10.8 Å². The van der Waals surface area contributed by atoms with Gasteiger partial charge in [-0.3, -0.25) is 0 Å². The number of hydrogen-bond donors (Lipinski definition) is 2. The highest BCUT2D eigenvalue weighted by Crippen LogP contribution is 2.40. The van der Waals surface area contributed by atoms with Gasteiger partial charge in [0.2, 0.25) is 0 Å². The topological polar surface area (TPSA) is 93.1 Å². The molecule has 6 heteroatoms. The summed E-state index contributed by atoms with van der Waals surface area (Å²) >= 11 is 0. The average molecular weight is 290 g/mol. The van der Waals surface area contributed by atoms with Gasteiger partial charge in [-0.2, -0.15) is 0 Å². The lowest BCUT2D eigenvalue weighted by atomic mass is 9.97. The summed E-state index contributed by atoms with van der Waals surface area (Å²) in [4.78, 5) is 23.5. The van der Waals surface area contributed by atoms with Crippen LogP contribution in [0.5, 0.6) is 11.5 Å². The molecule has 0 aliphatic carbocycles. The molecule has 0 heterocycles. The van der Waals surface area contributed by atoms with Gasteiger partial charge in [0.15, 0.2) is 5.75 Å². The first-order valence-electron chi connectivity index (χ1n) is 6.25. The quantitative estimate of drug-likeness (QED) is 0.840. The molecule has 0 spiro atoms. The first-order chi connectivity index (χ1) is 10.0. The fourth-order valence-corrected chi connectivity index (χ4v) is 2.21. The summed E-state index contributed by atoms with van der Waals surface area (Å²) in [5, 5.41) is 20.1. The van der Waals surface area contributed by atoms with E-state index in [1.54, 1.807) is 25.1 Å². The number of hydrogen-bond acceptors (Lipinski definition) is 5. The van der Waals surface area contributed by atoms with E-state index in [9.17, 15) is 19.8 Å². The Bertz CT molecular complexity index is 720. The van der Waals surface area contributed by atoms with Crippen molar-refractivity contribution in [3.8, 4) is 11.5 Å². The number of phenols is 1. The number of esters is 1. The summed E-state index contributed by atoms with van der Waals surface area (Å²) in [6, 6.07) is 6.42. The molecule has 2 aromatic carbocycles. The van der Waals surface area contributed by atoms with Crippen molar-refractivity contribution >= 4 is 22.7 Å². The molecule has 110 valence electrons. The Labute approximate surface area is 120 Å². The van der Waals surface area contributed by atoms with Gasteiger partial charge in [-0.25, -0.2) is 9.59 Å². The summed E-state index contributed by atoms with van der Waals surface area (Å²) < 4.78 is 10.0. The Kier molecular flexibility index (Phi) is 3.98. The number of carboxylic acids is 1. The van der Waals surface area contributed by atoms with Crippen LogP contribution in [0.3, 0.4) is 0 Å². The van der Waals surface area contributed by atoms with Crippen LogP contribution in [-0.2, 0) is 4.74 Å². The molecule has 0 atom stereocenters. The molecule has 2 N–H and O–H groups in total. The van der Waals surface area contributed by atoms with E-state index in [1.165, 1.54) is 13.2 Å². The third-order valence-corrected chi connectivity index (χ3v) is 3.04. The number of carbonyl (C=O) groups excluding carboxylic acids is 1. The highest BCUT2D eigenvalue weighted by molar-refractivity contribution is 6.14. The molecule has 0 fully saturated rings. The van der Waals surface area contributed by atoms with Crippen molar-refractivity contribution in [1.82, 2.24) is 0 Å². The zero-order valence-corrected chi connectivity index (χ0v) is 11.5. The van der Waals surface area contributed by atoms with Crippen LogP contribution in [0.25, 0.3) is 10.8 Å². The van der Waals surface area contributed by atoms with E-state index in [0.717, 1.165) is 0 Å². The van der Waals surface area contributed by atoms with Crippen molar-refractivity contribution in [3.63, 3.8) is 0 Å². The van der Waals surface area contributed by atoms with E-state index in [4.69, 9.17) is 9.47 Å². The maximum Gasteiger partial charge on any atom is 0.343 e. The maximum atomic E-state index is 12.1. The van der Waals surface area contributed by atoms with E-state index in [2.05, 4.69) is 0 Å². The summed E-state index contributed by atoms with van der Waals surface area (Å²) in [5.74, 6) is -2.74. The lowest BCUT2D eigenvalue weighted by Crippen LogP contribution is -2.11. The molecule has 2 rings (SSSR count). The number of carboxylic acid groups (broad SMARTS) is 1. The molecule has 0 saturated heterocycles. The third kappa shape index (κ3) is 2.35. The van der Waals surface area contributed by atoms with Crippen LogP contribution in [-0.4, -0.2) is 35.9 Å². The predicted octanol–water partition coefficient (Wildman–Crippen LogP) is 2.43. The number of ether oxygens (including phenoxy) is 2. The zero-order chi connectivity index (χ0) is 15.6. The minimum atomic E-state index is -1.39. The van der Waals surface area contributed by atoms with Crippen molar-refractivity contribution in [1.29, 1.82) is 0 Å². The first kappa shape index (κ1) is 14.6. The Morgan fingerprint density at radius 2 is 1.76 bits per heavy atom. The van der Waals surface area contributed by atoms with Crippen molar-refractivity contribution in [2.24, 2.45) is 0 Å². The van der Waals surface area contributed by atoms with Gasteiger partial charge in [0.25, 0.3) is 0 Å². The molecular weight excluding hydrogens is 276 g/mol. The van der Waals surface area contributed by atoms with Gasteiger partial charge in [-0.1, -0.05) is 24.3 Å². The van der Waals surface area contributed by atoms with Crippen LogP contribution in [0.15, 0.2) is 24.3 Å². The van der Waals surface area contributed by atoms with Gasteiger partial charge < -0.3 is 19.7 Å². The molecule has 2 aromatic rings. The monoisotopic (exact) mass is 290 g/mol. The minimum Gasteiger partial charge on any atom is -0.506 e. The number of benzene rings is 2. The van der Waals surface area contributed by atoms with Gasteiger partial charge >= 0.3 is 11.9 Å². The van der Waals surface area contributed by atoms with Gasteiger partial charge in [-0.05, 0) is 6.92 Å². The van der Waals surface area contributed by atoms with Crippen LogP contribution in [0.1, 0.15) is 27.6 Å². The largest absolute Gasteiger partial charge is 0.506 e. The average Bonchev–Trinajstić information content (AvgIpc) is 2.46. The lowest BCUT2D eigenvalue weighted by Gasteiger charge is -2.15. The zero-order valence-electron chi connectivity index (χ0n) is 11.5. The van der Waals surface area contributed by atoms with Crippen LogP contribution in [0.2, 0.25) is 0 Å². The number of methoxy groups -OCH3 is 1. The SMILES string of the molecule is CCOC(=O)c1c(OC)c(C(=O)O)c(O)c2ccccc12. The van der Waals surface area contributed by atoms with Gasteiger partial charge in [-0.15, -0.1) is 0 Å². The molecule has 0 aliphatic heterocycles. The highest BCUT2D eigenvalue weighted by Gasteiger charge is 2.28. The molecule has 6 nitrogen and oxygen atoms in total. The highest BCUT2D eigenvalue weighted by atomic mass is 16.5. The van der Waals surface area contributed by atoms with E-state index in [-0.39, 0.29) is 23.3 Å². The summed E-state index contributed by atoms with van der Waals surface area (Å²) in [6.45, 7) is 1.78. The first-order valence-corrected chi connectivity index (χ1v) is 6.25. The van der Waals surface area contributed by atoms with Crippen molar-refractivity contribution < 1.29 is 29.3 Å². The van der Waals surface area contributed by atoms with E-state index in [1.807, 2.05) is 0 Å². The summed E-state index contributed by atoms with van der Waals surface area (Å²) in [7, 11) is 1.23. The van der Waals surface area contributed by atoms with Crippen LogP contribution < -0.4 is 4.74 Å². The van der Waals surface area contributed by atoms with E-state index in [0.29, 0.717) is 5.39 Å². The smallest absolute Gasteiger partial charge is 0.343 e. The number of aromatic hydroxyl groups is 1. The summed E-state index contributed by atoms with van der Waals surface area (Å²) in [6.07, 6.45) is 0. The second-order valence-electron chi connectivity index (χ2n) is 4.20. The molecule has 0 aliphatic rings. The van der Waals surface area contributed by atoms with Crippen LogP contribution in [0, 0.1) is 0 Å². The summed E-state index contributed by atoms with van der Waals surface area (Å²) in [5.41, 5.74) is -0.468. The maximum absolute atomic E-state index is 12.1. The molecule has 0 unspecified atom stereocenters. The Morgan fingerprint density at radius 1 is 1.14 bits per heavy atom. The number of aromatic carboxylic acids is 1. The van der Waals surface area contributed by atoms with E-state index >= 15 is 0 Å². The third-order valence-electron chi connectivity index (χ3n) is 3.04.